The normalized spacial score (nSPS) is 12.2. The third-order valence-corrected chi connectivity index (χ3v) is 4.08. The first-order chi connectivity index (χ1) is 11.4. The van der Waals surface area contributed by atoms with E-state index in [4.69, 9.17) is 5.10 Å². The maximum absolute atomic E-state index is 4.70. The van der Waals surface area contributed by atoms with E-state index in [1.807, 2.05) is 19.1 Å². The lowest BCUT2D eigenvalue weighted by molar-refractivity contribution is 0.366. The lowest BCUT2D eigenvalue weighted by Gasteiger charge is -2.20. The summed E-state index contributed by atoms with van der Waals surface area (Å²) in [7, 11) is 0. The molecule has 2 N–H and O–H groups in total. The molecular formula is C18H20N6. The van der Waals surface area contributed by atoms with Gasteiger partial charge in [0.1, 0.15) is 5.52 Å². The van der Waals surface area contributed by atoms with E-state index in [1.165, 1.54) is 0 Å². The van der Waals surface area contributed by atoms with Crippen molar-refractivity contribution >= 4 is 33.4 Å². The van der Waals surface area contributed by atoms with Crippen molar-refractivity contribution in [3.8, 4) is 0 Å². The first-order valence-corrected chi connectivity index (χ1v) is 7.99. The number of hydrogen-bond donors (Lipinski definition) is 2. The largest absolute Gasteiger partial charge is 0.337 e. The molecule has 0 fully saturated rings. The number of rotatable bonds is 2. The van der Waals surface area contributed by atoms with E-state index in [9.17, 15) is 0 Å². The zero-order valence-electron chi connectivity index (χ0n) is 14.3. The molecule has 0 atom stereocenters. The van der Waals surface area contributed by atoms with Gasteiger partial charge in [-0.1, -0.05) is 0 Å². The van der Waals surface area contributed by atoms with Crippen molar-refractivity contribution in [3.63, 3.8) is 0 Å². The monoisotopic (exact) mass is 320 g/mol. The van der Waals surface area contributed by atoms with Crippen LogP contribution in [0.15, 0.2) is 36.5 Å². The summed E-state index contributed by atoms with van der Waals surface area (Å²) < 4.78 is 2.08. The number of fused-ring (bicyclic) bond motifs is 2. The molecule has 0 bridgehead atoms. The van der Waals surface area contributed by atoms with E-state index in [2.05, 4.69) is 64.2 Å². The molecule has 0 unspecified atom stereocenters. The number of H-pyrrole nitrogens is 1. The summed E-state index contributed by atoms with van der Waals surface area (Å²) in [5, 5.41) is 16.5. The number of aromatic amines is 1. The molecule has 122 valence electrons. The van der Waals surface area contributed by atoms with E-state index >= 15 is 0 Å². The number of benzene rings is 1. The SMILES string of the molecule is Cc1nn(C(C)(C)C)c2ccc(Nc3n[nH]c4cccnc34)cc12. The molecule has 3 heterocycles. The molecule has 0 aliphatic rings. The van der Waals surface area contributed by atoms with Crippen molar-refractivity contribution in [2.24, 2.45) is 0 Å². The Bertz CT molecular complexity index is 1030. The molecular weight excluding hydrogens is 300 g/mol. The van der Waals surface area contributed by atoms with Gasteiger partial charge < -0.3 is 5.32 Å². The van der Waals surface area contributed by atoms with Crippen LogP contribution in [0.4, 0.5) is 11.5 Å². The Labute approximate surface area is 139 Å². The number of nitrogens with one attached hydrogen (secondary N) is 2. The van der Waals surface area contributed by atoms with Gasteiger partial charge in [-0.05, 0) is 58.0 Å². The summed E-state index contributed by atoms with van der Waals surface area (Å²) in [4.78, 5) is 4.38. The minimum atomic E-state index is -0.0518. The molecule has 0 amide bonds. The molecule has 3 aromatic heterocycles. The highest BCUT2D eigenvalue weighted by Crippen LogP contribution is 2.29. The van der Waals surface area contributed by atoms with Gasteiger partial charge in [-0.3, -0.25) is 14.8 Å². The van der Waals surface area contributed by atoms with Crippen LogP contribution >= 0.6 is 0 Å². The maximum Gasteiger partial charge on any atom is 0.178 e. The lowest BCUT2D eigenvalue weighted by atomic mass is 10.1. The highest BCUT2D eigenvalue weighted by molar-refractivity contribution is 5.90. The topological polar surface area (TPSA) is 71.4 Å². The molecule has 0 radical (unpaired) electrons. The standard InChI is InChI=1S/C18H20N6/c1-11-13-10-12(7-8-15(13)24(23-11)18(2,3)4)20-17-16-14(21-22-17)6-5-9-19-16/h5-10H,1-4H3,(H2,20,21,22). The minimum Gasteiger partial charge on any atom is -0.337 e. The predicted octanol–water partition coefficient (Wildman–Crippen LogP) is 4.11. The number of aromatic nitrogens is 5. The van der Waals surface area contributed by atoms with Crippen molar-refractivity contribution in [2.75, 3.05) is 5.32 Å². The molecule has 0 saturated heterocycles. The van der Waals surface area contributed by atoms with Gasteiger partial charge in [-0.25, -0.2) is 0 Å². The van der Waals surface area contributed by atoms with Crippen molar-refractivity contribution in [1.29, 1.82) is 0 Å². The fourth-order valence-electron chi connectivity index (χ4n) is 2.93. The second-order valence-electron chi connectivity index (χ2n) is 7.00. The summed E-state index contributed by atoms with van der Waals surface area (Å²) in [5.41, 5.74) is 4.82. The Morgan fingerprint density at radius 1 is 1.17 bits per heavy atom. The van der Waals surface area contributed by atoms with E-state index in [1.54, 1.807) is 6.20 Å². The van der Waals surface area contributed by atoms with Gasteiger partial charge in [-0.15, -0.1) is 0 Å². The zero-order chi connectivity index (χ0) is 16.9. The summed E-state index contributed by atoms with van der Waals surface area (Å²) >= 11 is 0. The summed E-state index contributed by atoms with van der Waals surface area (Å²) in [6.07, 6.45) is 1.77. The van der Waals surface area contributed by atoms with Crippen LogP contribution in [0.2, 0.25) is 0 Å². The summed E-state index contributed by atoms with van der Waals surface area (Å²) in [6, 6.07) is 10.1. The van der Waals surface area contributed by atoms with Gasteiger partial charge in [0.05, 0.1) is 22.3 Å². The molecule has 0 aliphatic heterocycles. The van der Waals surface area contributed by atoms with Crippen LogP contribution in [0.3, 0.4) is 0 Å². The molecule has 6 heteroatoms. The van der Waals surface area contributed by atoms with Gasteiger partial charge in [0, 0.05) is 17.3 Å². The molecule has 0 spiro atoms. The van der Waals surface area contributed by atoms with Crippen LogP contribution in [0.5, 0.6) is 0 Å². The molecule has 0 aliphatic carbocycles. The second-order valence-corrected chi connectivity index (χ2v) is 7.00. The molecule has 4 aromatic rings. The van der Waals surface area contributed by atoms with E-state index in [-0.39, 0.29) is 5.54 Å². The molecule has 24 heavy (non-hydrogen) atoms. The van der Waals surface area contributed by atoms with Crippen LogP contribution in [0, 0.1) is 6.92 Å². The molecule has 6 nitrogen and oxygen atoms in total. The van der Waals surface area contributed by atoms with Gasteiger partial charge in [0.15, 0.2) is 5.82 Å². The number of hydrogen-bond acceptors (Lipinski definition) is 4. The van der Waals surface area contributed by atoms with E-state index < -0.39 is 0 Å². The van der Waals surface area contributed by atoms with Crippen molar-refractivity contribution < 1.29 is 0 Å². The first-order valence-electron chi connectivity index (χ1n) is 7.99. The fourth-order valence-corrected chi connectivity index (χ4v) is 2.93. The first kappa shape index (κ1) is 14.7. The van der Waals surface area contributed by atoms with Crippen LogP contribution in [0.1, 0.15) is 26.5 Å². The van der Waals surface area contributed by atoms with Crippen molar-refractivity contribution in [3.05, 3.63) is 42.2 Å². The summed E-state index contributed by atoms with van der Waals surface area (Å²) in [5.74, 6) is 0.728. The van der Waals surface area contributed by atoms with Crippen LogP contribution in [-0.4, -0.2) is 25.0 Å². The Morgan fingerprint density at radius 3 is 2.79 bits per heavy atom. The molecule has 4 rings (SSSR count). The van der Waals surface area contributed by atoms with E-state index in [0.29, 0.717) is 0 Å². The Hall–Kier alpha value is -2.89. The average Bonchev–Trinajstić information content (AvgIpc) is 3.09. The number of nitrogens with zero attached hydrogens (tertiary/aromatic N) is 4. The van der Waals surface area contributed by atoms with Crippen LogP contribution in [-0.2, 0) is 5.54 Å². The predicted molar refractivity (Wildman–Crippen MR) is 96.6 cm³/mol. The van der Waals surface area contributed by atoms with E-state index in [0.717, 1.165) is 39.1 Å². The van der Waals surface area contributed by atoms with Crippen LogP contribution < -0.4 is 5.32 Å². The Kier molecular flexibility index (Phi) is 3.09. The average molecular weight is 320 g/mol. The lowest BCUT2D eigenvalue weighted by Crippen LogP contribution is -2.22. The molecule has 0 saturated carbocycles. The van der Waals surface area contributed by atoms with Crippen molar-refractivity contribution in [2.45, 2.75) is 33.2 Å². The second kappa shape index (κ2) is 5.06. The molecule has 1 aromatic carbocycles. The van der Waals surface area contributed by atoms with Gasteiger partial charge in [0.25, 0.3) is 0 Å². The number of aryl methyl sites for hydroxylation is 1. The Balaban J connectivity index is 1.77. The van der Waals surface area contributed by atoms with Gasteiger partial charge in [-0.2, -0.15) is 10.2 Å². The van der Waals surface area contributed by atoms with Crippen LogP contribution in [0.25, 0.3) is 21.9 Å². The number of anilines is 2. The smallest absolute Gasteiger partial charge is 0.178 e. The maximum atomic E-state index is 4.70. The third kappa shape index (κ3) is 2.31. The van der Waals surface area contributed by atoms with Gasteiger partial charge >= 0.3 is 0 Å². The van der Waals surface area contributed by atoms with Crippen molar-refractivity contribution in [1.82, 2.24) is 25.0 Å². The quantitative estimate of drug-likeness (QED) is 0.583. The van der Waals surface area contributed by atoms with Gasteiger partial charge in [0.2, 0.25) is 0 Å². The highest BCUT2D eigenvalue weighted by atomic mass is 15.3. The number of pyridine rings is 1. The summed E-state index contributed by atoms with van der Waals surface area (Å²) in [6.45, 7) is 8.52. The Morgan fingerprint density at radius 2 is 2.00 bits per heavy atom. The highest BCUT2D eigenvalue weighted by Gasteiger charge is 2.19. The fraction of sp³-hybridized carbons (Fsp3) is 0.278. The third-order valence-electron chi connectivity index (χ3n) is 4.08. The minimum absolute atomic E-state index is 0.0518. The zero-order valence-corrected chi connectivity index (χ0v) is 14.3.